The Balaban J connectivity index is 1.73. The number of fused-ring (bicyclic) bond motifs is 4. The van der Waals surface area contributed by atoms with Crippen LogP contribution in [0, 0.1) is 0 Å². The van der Waals surface area contributed by atoms with Crippen molar-refractivity contribution in [1.29, 1.82) is 0 Å². The van der Waals surface area contributed by atoms with Crippen molar-refractivity contribution in [2.24, 2.45) is 7.05 Å². The Kier molecular flexibility index (Phi) is 3.93. The van der Waals surface area contributed by atoms with Crippen molar-refractivity contribution >= 4 is 44.8 Å². The number of nitrogens with one attached hydrogen (secondary N) is 1. The summed E-state index contributed by atoms with van der Waals surface area (Å²) in [6.45, 7) is 0.947. The molecule has 0 saturated heterocycles. The number of para-hydroxylation sites is 2. The average Bonchev–Trinajstić information content (AvgIpc) is 3.27. The fraction of sp³-hybridized carbons (Fsp3) is 0.231. The van der Waals surface area contributed by atoms with Gasteiger partial charge >= 0.3 is 0 Å². The lowest BCUT2D eigenvalue weighted by molar-refractivity contribution is -0.122. The van der Waals surface area contributed by atoms with Crippen molar-refractivity contribution < 1.29 is 9.59 Å². The van der Waals surface area contributed by atoms with Gasteiger partial charge in [0.05, 0.1) is 11.1 Å². The molecule has 5 nitrogen and oxygen atoms in total. The Hall–Kier alpha value is -3.60. The Morgan fingerprint density at radius 3 is 2.35 bits per heavy atom. The number of nitrogens with zero attached hydrogens (tertiary/aromatic N) is 2. The Morgan fingerprint density at radius 1 is 0.806 bits per heavy atom. The fourth-order valence-corrected chi connectivity index (χ4v) is 5.38. The van der Waals surface area contributed by atoms with E-state index in [2.05, 4.69) is 22.0 Å². The van der Waals surface area contributed by atoms with Crippen LogP contribution < -0.4 is 5.32 Å². The van der Waals surface area contributed by atoms with Crippen LogP contribution in [0.4, 0.5) is 0 Å². The molecule has 0 spiro atoms. The predicted octanol–water partition coefficient (Wildman–Crippen LogP) is 4.43. The number of benzene rings is 2. The molecule has 4 heterocycles. The number of carbonyl (C=O) groups is 2. The second-order valence-electron chi connectivity index (χ2n) is 8.51. The fourth-order valence-electron chi connectivity index (χ4n) is 5.38. The standard InChI is InChI=1S/C26H23N3O2/c1-28-15-18(16-9-4-6-11-19(16)28)23-24(26(31)27-25(23)30)22-17-10-5-7-12-20(17)29-14-8-2-3-13-21(22)29/h4-7,9-12,15H,2-3,8,13-14H2,1H3,(H,27,30,31). The van der Waals surface area contributed by atoms with E-state index in [9.17, 15) is 9.59 Å². The van der Waals surface area contributed by atoms with Gasteiger partial charge in [-0.1, -0.05) is 42.8 Å². The van der Waals surface area contributed by atoms with Crippen LogP contribution in [0.25, 0.3) is 33.0 Å². The normalized spacial score (nSPS) is 16.8. The molecule has 31 heavy (non-hydrogen) atoms. The molecule has 0 radical (unpaired) electrons. The van der Waals surface area contributed by atoms with Gasteiger partial charge in [0.25, 0.3) is 11.8 Å². The van der Waals surface area contributed by atoms with Gasteiger partial charge < -0.3 is 9.13 Å². The van der Waals surface area contributed by atoms with Crippen molar-refractivity contribution in [3.05, 3.63) is 71.5 Å². The van der Waals surface area contributed by atoms with Gasteiger partial charge in [-0.2, -0.15) is 0 Å². The van der Waals surface area contributed by atoms with E-state index in [0.29, 0.717) is 11.1 Å². The summed E-state index contributed by atoms with van der Waals surface area (Å²) in [7, 11) is 1.97. The van der Waals surface area contributed by atoms with Crippen molar-refractivity contribution in [3.63, 3.8) is 0 Å². The smallest absolute Gasteiger partial charge is 0.259 e. The van der Waals surface area contributed by atoms with Crippen LogP contribution in [-0.2, 0) is 29.6 Å². The largest absolute Gasteiger partial charge is 0.350 e. The first kappa shape index (κ1) is 18.2. The Labute approximate surface area is 180 Å². The van der Waals surface area contributed by atoms with E-state index in [1.165, 1.54) is 12.1 Å². The maximum Gasteiger partial charge on any atom is 0.259 e. The summed E-state index contributed by atoms with van der Waals surface area (Å²) in [4.78, 5) is 26.3. The topological polar surface area (TPSA) is 56.0 Å². The molecular formula is C26H23N3O2. The minimum atomic E-state index is -0.311. The SMILES string of the molecule is Cn1cc(C2=C(c3c4n(c5ccccc35)CCCCC4)C(=O)NC2=O)c2ccccc21. The number of amides is 2. The lowest BCUT2D eigenvalue weighted by atomic mass is 9.93. The summed E-state index contributed by atoms with van der Waals surface area (Å²) >= 11 is 0. The van der Waals surface area contributed by atoms with E-state index in [1.54, 1.807) is 0 Å². The molecule has 0 unspecified atom stereocenters. The number of imide groups is 1. The van der Waals surface area contributed by atoms with Crippen LogP contribution in [0.15, 0.2) is 54.7 Å². The zero-order chi connectivity index (χ0) is 21.1. The number of hydrogen-bond acceptors (Lipinski definition) is 2. The van der Waals surface area contributed by atoms with Crippen molar-refractivity contribution in [2.75, 3.05) is 0 Å². The van der Waals surface area contributed by atoms with Gasteiger partial charge in [0.15, 0.2) is 0 Å². The van der Waals surface area contributed by atoms with Gasteiger partial charge in [-0.3, -0.25) is 14.9 Å². The van der Waals surface area contributed by atoms with Crippen LogP contribution in [0.3, 0.4) is 0 Å². The first-order valence-corrected chi connectivity index (χ1v) is 10.9. The van der Waals surface area contributed by atoms with Gasteiger partial charge in [-0.15, -0.1) is 0 Å². The maximum absolute atomic E-state index is 13.2. The molecule has 2 aliphatic heterocycles. The molecule has 0 saturated carbocycles. The third-order valence-corrected chi connectivity index (χ3v) is 6.72. The highest BCUT2D eigenvalue weighted by atomic mass is 16.2. The van der Waals surface area contributed by atoms with Gasteiger partial charge in [-0.05, 0) is 31.4 Å². The highest BCUT2D eigenvalue weighted by Gasteiger charge is 2.37. The second kappa shape index (κ2) is 6.71. The maximum atomic E-state index is 13.2. The van der Waals surface area contributed by atoms with Gasteiger partial charge in [0, 0.05) is 58.4 Å². The van der Waals surface area contributed by atoms with Crippen molar-refractivity contribution in [3.8, 4) is 0 Å². The van der Waals surface area contributed by atoms with E-state index in [-0.39, 0.29) is 11.8 Å². The predicted molar refractivity (Wildman–Crippen MR) is 122 cm³/mol. The quantitative estimate of drug-likeness (QED) is 0.498. The number of aromatic nitrogens is 2. The van der Waals surface area contributed by atoms with Crippen molar-refractivity contribution in [1.82, 2.24) is 14.5 Å². The lowest BCUT2D eigenvalue weighted by Gasteiger charge is -2.09. The highest BCUT2D eigenvalue weighted by molar-refractivity contribution is 6.51. The van der Waals surface area contributed by atoms with E-state index >= 15 is 0 Å². The monoisotopic (exact) mass is 409 g/mol. The zero-order valence-electron chi connectivity index (χ0n) is 17.4. The van der Waals surface area contributed by atoms with Crippen LogP contribution in [0.1, 0.15) is 36.1 Å². The molecule has 1 N–H and O–H groups in total. The van der Waals surface area contributed by atoms with Crippen LogP contribution >= 0.6 is 0 Å². The molecule has 4 aromatic rings. The zero-order valence-corrected chi connectivity index (χ0v) is 17.4. The number of rotatable bonds is 2. The van der Waals surface area contributed by atoms with Crippen LogP contribution in [0.5, 0.6) is 0 Å². The third kappa shape index (κ3) is 2.56. The number of hydrogen-bond donors (Lipinski definition) is 1. The van der Waals surface area contributed by atoms with Crippen molar-refractivity contribution in [2.45, 2.75) is 32.2 Å². The van der Waals surface area contributed by atoms with Gasteiger partial charge in [0.1, 0.15) is 0 Å². The molecule has 2 aliphatic rings. The molecule has 2 aromatic heterocycles. The summed E-state index contributed by atoms with van der Waals surface area (Å²) < 4.78 is 4.38. The first-order chi connectivity index (χ1) is 15.1. The molecule has 2 aromatic carbocycles. The molecule has 0 bridgehead atoms. The Bertz CT molecular complexity index is 1430. The molecular weight excluding hydrogens is 386 g/mol. The average molecular weight is 409 g/mol. The molecule has 0 fully saturated rings. The third-order valence-electron chi connectivity index (χ3n) is 6.72. The molecule has 0 atom stereocenters. The minimum Gasteiger partial charge on any atom is -0.350 e. The van der Waals surface area contributed by atoms with E-state index in [4.69, 9.17) is 0 Å². The van der Waals surface area contributed by atoms with Crippen LogP contribution in [0.2, 0.25) is 0 Å². The van der Waals surface area contributed by atoms with E-state index in [1.807, 2.05) is 54.2 Å². The molecule has 5 heteroatoms. The van der Waals surface area contributed by atoms with Gasteiger partial charge in [-0.25, -0.2) is 0 Å². The van der Waals surface area contributed by atoms with E-state index < -0.39 is 0 Å². The summed E-state index contributed by atoms with van der Waals surface area (Å²) in [5.41, 5.74) is 6.12. The molecule has 0 aliphatic carbocycles. The van der Waals surface area contributed by atoms with Gasteiger partial charge in [0.2, 0.25) is 0 Å². The van der Waals surface area contributed by atoms with Crippen LogP contribution in [-0.4, -0.2) is 20.9 Å². The summed E-state index contributed by atoms with van der Waals surface area (Å²) in [6.07, 6.45) is 6.28. The first-order valence-electron chi connectivity index (χ1n) is 10.9. The second-order valence-corrected chi connectivity index (χ2v) is 8.51. The molecule has 2 amide bonds. The molecule has 154 valence electrons. The number of aryl methyl sites for hydroxylation is 2. The Morgan fingerprint density at radius 2 is 1.52 bits per heavy atom. The molecule has 6 rings (SSSR count). The summed E-state index contributed by atoms with van der Waals surface area (Å²) in [5, 5.41) is 4.63. The minimum absolute atomic E-state index is 0.295. The highest BCUT2D eigenvalue weighted by Crippen LogP contribution is 2.41. The summed E-state index contributed by atoms with van der Waals surface area (Å²) in [6, 6.07) is 16.3. The number of carbonyl (C=O) groups excluding carboxylic acids is 2. The summed E-state index contributed by atoms with van der Waals surface area (Å²) in [5.74, 6) is -0.606. The lowest BCUT2D eigenvalue weighted by Crippen LogP contribution is -2.23. The van der Waals surface area contributed by atoms with E-state index in [0.717, 1.165) is 58.7 Å².